The van der Waals surface area contributed by atoms with E-state index in [2.05, 4.69) is 70.4 Å². The number of Topliss-reactive ketones (excluding diaryl/α,β-unsaturated/α-hetero) is 1. The number of H-pyrrole nitrogens is 3. The van der Waals surface area contributed by atoms with E-state index < -0.39 is 14.8 Å². The van der Waals surface area contributed by atoms with Crippen LogP contribution in [0.1, 0.15) is 13.0 Å². The van der Waals surface area contributed by atoms with Crippen molar-refractivity contribution in [2.75, 3.05) is 79.0 Å². The van der Waals surface area contributed by atoms with Gasteiger partial charge in [0, 0.05) is 88.1 Å². The first-order valence-corrected chi connectivity index (χ1v) is 37.5. The largest absolute Gasteiger partial charge is 1.00 e. The molecule has 0 saturated heterocycles. The van der Waals surface area contributed by atoms with Gasteiger partial charge in [0.05, 0.1) is 99.7 Å². The van der Waals surface area contributed by atoms with Crippen molar-refractivity contribution in [2.45, 2.75) is 19.0 Å². The van der Waals surface area contributed by atoms with Crippen LogP contribution in [0, 0.1) is 45.8 Å². The number of rotatable bonds is 18. The number of benzene rings is 8. The third-order valence-electron chi connectivity index (χ3n) is 13.6. The van der Waals surface area contributed by atoms with Crippen LogP contribution in [-0.2, 0) is 28.6 Å². The molecule has 32 nitrogen and oxygen atoms in total. The first-order chi connectivity index (χ1) is 53.8. The number of nitrogen functional groups attached to an aromatic ring is 5. The van der Waals surface area contributed by atoms with E-state index in [9.17, 15) is 39.9 Å². The number of pyridine rings is 2. The van der Waals surface area contributed by atoms with Crippen LogP contribution in [0.2, 0.25) is 25.1 Å². The fourth-order valence-corrected chi connectivity index (χ4v) is 10.6. The first kappa shape index (κ1) is 101. The summed E-state index contributed by atoms with van der Waals surface area (Å²) in [5.74, 6) is 4.16. The molecule has 0 aliphatic rings. The van der Waals surface area contributed by atoms with Crippen LogP contribution in [0.25, 0.3) is 22.1 Å². The van der Waals surface area contributed by atoms with E-state index in [0.29, 0.717) is 94.2 Å². The van der Waals surface area contributed by atoms with Crippen LogP contribution in [0.4, 0.5) is 51.2 Å². The third kappa shape index (κ3) is 33.8. The Hall–Kier alpha value is -9.87. The number of para-hydroxylation sites is 1. The zero-order chi connectivity index (χ0) is 84.0. The number of aromatic nitrogens is 6. The molecule has 115 heavy (non-hydrogen) atoms. The van der Waals surface area contributed by atoms with Crippen LogP contribution >= 0.6 is 116 Å². The van der Waals surface area contributed by atoms with Gasteiger partial charge in [0.25, 0.3) is 17.1 Å². The molecule has 1 amide bonds. The summed E-state index contributed by atoms with van der Waals surface area (Å²) in [4.78, 5) is 76.0. The molecule has 0 radical (unpaired) electrons. The Bertz CT molecular complexity index is 5290. The zero-order valence-corrected chi connectivity index (χ0v) is 72.6. The van der Waals surface area contributed by atoms with Crippen molar-refractivity contribution in [2.24, 2.45) is 0 Å². The van der Waals surface area contributed by atoms with Gasteiger partial charge in [0.15, 0.2) is 32.8 Å². The summed E-state index contributed by atoms with van der Waals surface area (Å²) >= 11 is 46.2. The number of aromatic hydroxyl groups is 2. The number of methoxy groups -OCH3 is 4. The van der Waals surface area contributed by atoms with E-state index in [-0.39, 0.29) is 144 Å². The summed E-state index contributed by atoms with van der Waals surface area (Å²) in [6.07, 6.45) is 7.00. The van der Waals surface area contributed by atoms with Gasteiger partial charge in [-0.1, -0.05) is 123 Å². The number of phenols is 2. The summed E-state index contributed by atoms with van der Waals surface area (Å²) in [5, 5.41) is 62.8. The number of thiocyanates is 1. The molecule has 12 aromatic rings. The number of alkyl halides is 2. The number of anilines is 6. The second-order valence-electron chi connectivity index (χ2n) is 21.2. The van der Waals surface area contributed by atoms with Gasteiger partial charge in [-0.05, 0) is 108 Å². The standard InChI is InChI=1S/C21H17ClN4O3S.C14H12ClNO2.C8H7ClN2OS.C7H7ClN2O3.C7H9ClN2O.C6H5ClN2O3.C6H6N2O3.CH3I.CHNS.CH4.K/c1-28-18-10-13(22)9-17-20(18)26-21(25-17)30-12-19(27)24-14-4-6-15(7-5-14)29-16-3-2-8-23-11-16;15-9-12(17)8-11-3-5-13(6-4-11)18-14-2-1-7-16-10-14;1-12-6-3-4(9)2-5-7(6)11-8(13)10-5;1-13-6-3-4(8)2-5(7(6)9)10(11)12;1-11-6-3-4(8)2-5(9)7(6)10;7-3-1-4(9(11)12)6(8)5(10)2-3;7-6-4(8(10)11)2-1-3-5(6)9;1-2;2-1-3;;/h2-11H,12H2,1H3,(H,24,27)(H,25,26);1-7,10H,8-9H2;2-3H,1H3,(H2,10,11,13);2-3H,9H2,1H3;2-3H,9-10H2,1H3;1-2,10H,8H2;1-3,9H,7H2;1H3;3H;1H4;/q;;;;;;;;;;+1/p-1. The summed E-state index contributed by atoms with van der Waals surface area (Å²) < 4.78 is 32.0. The van der Waals surface area contributed by atoms with E-state index in [0.717, 1.165) is 34.2 Å². The van der Waals surface area contributed by atoms with Crippen LogP contribution in [0.3, 0.4) is 0 Å². The molecule has 43 heteroatoms. The number of carbonyl (C=O) groups excluding carboxylic acids is 2. The van der Waals surface area contributed by atoms with Crippen molar-refractivity contribution in [1.82, 2.24) is 29.9 Å². The number of hydrogen-bond acceptors (Lipinski definition) is 28. The predicted octanol–water partition coefficient (Wildman–Crippen LogP) is 15.7. The molecule has 0 fully saturated rings. The fourth-order valence-electron chi connectivity index (χ4n) is 8.59. The molecule has 16 N–H and O–H groups in total. The molecular formula is C72H70Cl6IKN16O16S3. The third-order valence-corrected chi connectivity index (χ3v) is 16.1. The molecule has 4 aromatic heterocycles. The van der Waals surface area contributed by atoms with Crippen LogP contribution in [0.5, 0.6) is 57.5 Å². The van der Waals surface area contributed by atoms with E-state index in [4.69, 9.17) is 154 Å². The molecular weight excluding hydrogens is 1820 g/mol. The number of phenolic OH excluding ortho intramolecular Hbond substituents is 2. The molecule has 4 heterocycles. The summed E-state index contributed by atoms with van der Waals surface area (Å²) in [7, 11) is 6.04. The average Bonchev–Trinajstić information content (AvgIpc) is 1.68. The molecule has 0 spiro atoms. The average molecular weight is 1890 g/mol. The number of nitro benzene ring substituents is 3. The van der Waals surface area contributed by atoms with E-state index in [1.54, 1.807) is 106 Å². The number of nitrogens with zero attached hydrogens (tertiary/aromatic N) is 7. The monoisotopic (exact) mass is 1890 g/mol. The van der Waals surface area contributed by atoms with Crippen LogP contribution < -0.4 is 114 Å². The molecule has 0 saturated carbocycles. The SMILES string of the molecule is C.CI.COc1cc(Cl)cc(N)c1N.COc1cc(Cl)cc([N+](=O)[O-])c1N.COc1cc(Cl)cc2[nH]c(=S)[nH]c12.COc1cc(Cl)cc2[nH]c(SCC(=O)Nc3ccc(Oc4cccnc4)cc3)nc12.N#C[S-].Nc1c(O)cc(Cl)cc1[N+](=O)[O-].Nc1c(O)cccc1[N+](=O)[O-].O=C(CCl)Cc1ccc(Oc2cccnc2)cc1.[K+]. The number of thioether (sulfide) groups is 1. The van der Waals surface area contributed by atoms with Crippen molar-refractivity contribution in [3.8, 4) is 62.9 Å². The molecule has 0 bridgehead atoms. The minimum atomic E-state index is -0.707. The minimum absolute atomic E-state index is 0. The molecule has 0 atom stereocenters. The maximum Gasteiger partial charge on any atom is 1.00 e. The molecule has 602 valence electrons. The first-order valence-electron chi connectivity index (χ1n) is 31.1. The topological polar surface area (TPSA) is 511 Å². The van der Waals surface area contributed by atoms with E-state index >= 15 is 0 Å². The number of carbonyl (C=O) groups is 2. The Morgan fingerprint density at radius 3 is 1.53 bits per heavy atom. The second kappa shape index (κ2) is 52.6. The van der Waals surface area contributed by atoms with E-state index in [1.807, 2.05) is 47.4 Å². The van der Waals surface area contributed by atoms with Gasteiger partial charge in [-0.25, -0.2) is 10.2 Å². The quantitative estimate of drug-likeness (QED) is 0.00325. The minimum Gasteiger partial charge on any atom is -0.696 e. The Kier molecular flexibility index (Phi) is 46.3. The smallest absolute Gasteiger partial charge is 0.696 e. The number of nitrogens with one attached hydrogen (secondary N) is 4. The molecule has 0 aliphatic carbocycles. The van der Waals surface area contributed by atoms with Crippen molar-refractivity contribution < 1.29 is 114 Å². The number of hydrogen-bond donors (Lipinski definition) is 11. The summed E-state index contributed by atoms with van der Waals surface area (Å²) in [5.41, 5.74) is 31.1. The number of nitriles is 1. The number of halogens is 7. The van der Waals surface area contributed by atoms with Crippen LogP contribution in [0.15, 0.2) is 182 Å². The van der Waals surface area contributed by atoms with Crippen LogP contribution in [-0.4, -0.2) is 112 Å². The number of amides is 1. The molecule has 8 aromatic carbocycles. The number of aromatic amines is 3. The fraction of sp³-hybridized carbons (Fsp3) is 0.125. The van der Waals surface area contributed by atoms with Crippen molar-refractivity contribution in [3.63, 3.8) is 0 Å². The van der Waals surface area contributed by atoms with Crippen molar-refractivity contribution in [1.29, 1.82) is 5.26 Å². The Morgan fingerprint density at radius 2 is 1.04 bits per heavy atom. The van der Waals surface area contributed by atoms with Gasteiger partial charge < -0.3 is 100 Å². The summed E-state index contributed by atoms with van der Waals surface area (Å²) in [6, 6.07) is 40.7. The molecule has 0 unspecified atom stereocenters. The second-order valence-corrected chi connectivity index (χ2v) is 25.2. The predicted molar refractivity (Wildman–Crippen MR) is 462 cm³/mol. The number of fused-ring (bicyclic) bond motifs is 2. The Balaban J connectivity index is 0.000000465. The Labute approximate surface area is 758 Å². The molecule has 0 aliphatic heterocycles. The van der Waals surface area contributed by atoms with Gasteiger partial charge in [0.2, 0.25) is 5.91 Å². The van der Waals surface area contributed by atoms with Gasteiger partial charge in [-0.2, -0.15) is 0 Å². The van der Waals surface area contributed by atoms with Gasteiger partial charge in [-0.15, -0.1) is 11.6 Å². The van der Waals surface area contributed by atoms with E-state index in [1.165, 1.54) is 61.7 Å². The maximum atomic E-state index is 12.3. The summed E-state index contributed by atoms with van der Waals surface area (Å²) in [6.45, 7) is 0. The van der Waals surface area contributed by atoms with Crippen molar-refractivity contribution >= 4 is 214 Å². The number of nitrogens with two attached hydrogens (primary N) is 5. The van der Waals surface area contributed by atoms with Gasteiger partial charge >= 0.3 is 51.4 Å². The Morgan fingerprint density at radius 1 is 0.591 bits per heavy atom. The van der Waals surface area contributed by atoms with Crippen molar-refractivity contribution in [3.05, 3.63) is 242 Å². The zero-order valence-electron chi connectivity index (χ0n) is 60.4. The van der Waals surface area contributed by atoms with Gasteiger partial charge in [0.1, 0.15) is 68.5 Å². The maximum absolute atomic E-state index is 12.3. The molecule has 12 rings (SSSR count). The number of imidazole rings is 2. The normalized spacial score (nSPS) is 9.63. The number of ether oxygens (including phenoxy) is 6. The number of ketones is 1. The number of nitro groups is 3. The van der Waals surface area contributed by atoms with Gasteiger partial charge in [-0.3, -0.25) is 49.9 Å².